The van der Waals surface area contributed by atoms with Gasteiger partial charge in [0.15, 0.2) is 0 Å². The Bertz CT molecular complexity index is 1080. The predicted molar refractivity (Wildman–Crippen MR) is 184 cm³/mol. The molecule has 1 nitrogen and oxygen atoms in total. The first kappa shape index (κ1) is 28.8. The summed E-state index contributed by atoms with van der Waals surface area (Å²) < 4.78 is 0. The summed E-state index contributed by atoms with van der Waals surface area (Å²) in [6.07, 6.45) is 36.8. The SMILES string of the molecule is NC1CC(C2CCC(C3CCC(C4CCC(C5CC(C6CC6C6CC(C7CC(C8CC(C9CC9C9CC9)C8)C7)C6)C5)C4)C3)C2)C1. The summed E-state index contributed by atoms with van der Waals surface area (Å²) in [4.78, 5) is 0. The maximum absolute atomic E-state index is 6.13. The summed E-state index contributed by atoms with van der Waals surface area (Å²) in [7, 11) is 0. The lowest BCUT2D eigenvalue weighted by Gasteiger charge is -2.53. The van der Waals surface area contributed by atoms with Crippen LogP contribution in [0.5, 0.6) is 0 Å². The van der Waals surface area contributed by atoms with Crippen molar-refractivity contribution in [2.45, 2.75) is 154 Å². The van der Waals surface area contributed by atoms with Gasteiger partial charge in [0.05, 0.1) is 0 Å². The third kappa shape index (κ3) is 5.20. The Hall–Kier alpha value is -0.0400. The topological polar surface area (TPSA) is 26.0 Å². The van der Waals surface area contributed by atoms with Crippen LogP contribution in [0.15, 0.2) is 0 Å². The van der Waals surface area contributed by atoms with Gasteiger partial charge < -0.3 is 5.73 Å². The second kappa shape index (κ2) is 11.0. The number of hydrogen-bond donors (Lipinski definition) is 1. The van der Waals surface area contributed by atoms with Crippen LogP contribution >= 0.6 is 0 Å². The lowest BCUT2D eigenvalue weighted by molar-refractivity contribution is -0.0323. The minimum atomic E-state index is 0.549. The molecule has 0 saturated heterocycles. The highest BCUT2D eigenvalue weighted by atomic mass is 14.7. The standard InChI is InChI=1S/C44H69N/c45-40-20-36(21-40)30-8-6-28(11-30)26-4-3-25(9-26)27-5-7-29(10-27)31-14-37(15-31)43-23-44(43)39-18-35(19-39)33-12-32(13-33)34-16-38(17-34)42-22-41(42)24-1-2-24/h24-44H,1-23,45H2. The van der Waals surface area contributed by atoms with Gasteiger partial charge in [0, 0.05) is 6.04 Å². The maximum atomic E-state index is 6.13. The van der Waals surface area contributed by atoms with E-state index in [0.717, 1.165) is 47.3 Å². The van der Waals surface area contributed by atoms with Crippen LogP contribution in [-0.2, 0) is 0 Å². The van der Waals surface area contributed by atoms with Gasteiger partial charge in [-0.1, -0.05) is 0 Å². The molecule has 0 bridgehead atoms. The van der Waals surface area contributed by atoms with Gasteiger partial charge in [-0.15, -0.1) is 0 Å². The summed E-state index contributed by atoms with van der Waals surface area (Å²) in [6.45, 7) is 0. The molecule has 11 fully saturated rings. The average molecular weight is 612 g/mol. The molecule has 0 aromatic rings. The molecule has 0 amide bonds. The van der Waals surface area contributed by atoms with Crippen LogP contribution in [0, 0.1) is 118 Å². The molecule has 11 saturated carbocycles. The van der Waals surface area contributed by atoms with Gasteiger partial charge in [0.1, 0.15) is 0 Å². The van der Waals surface area contributed by atoms with Gasteiger partial charge in [-0.3, -0.25) is 0 Å². The first-order valence-electron chi connectivity index (χ1n) is 21.8. The monoisotopic (exact) mass is 612 g/mol. The zero-order chi connectivity index (χ0) is 29.4. The Morgan fingerprint density at radius 3 is 0.756 bits per heavy atom. The van der Waals surface area contributed by atoms with Crippen LogP contribution in [0.4, 0.5) is 0 Å². The van der Waals surface area contributed by atoms with E-state index in [4.69, 9.17) is 5.73 Å². The molecule has 0 aromatic carbocycles. The van der Waals surface area contributed by atoms with E-state index in [1.165, 1.54) is 83.9 Å². The fraction of sp³-hybridized carbons (Fsp3) is 1.00. The zero-order valence-corrected chi connectivity index (χ0v) is 29.0. The van der Waals surface area contributed by atoms with Crippen molar-refractivity contribution in [2.75, 3.05) is 0 Å². The van der Waals surface area contributed by atoms with Crippen LogP contribution in [0.1, 0.15) is 148 Å². The highest BCUT2D eigenvalue weighted by Crippen LogP contribution is 2.67. The van der Waals surface area contributed by atoms with Gasteiger partial charge in [0.2, 0.25) is 0 Å². The molecule has 0 heterocycles. The second-order valence-corrected chi connectivity index (χ2v) is 21.4. The van der Waals surface area contributed by atoms with Crippen molar-refractivity contribution in [1.82, 2.24) is 0 Å². The molecular formula is C44H69N. The summed E-state index contributed by atoms with van der Waals surface area (Å²) >= 11 is 0. The molecule has 10 unspecified atom stereocenters. The molecule has 10 atom stereocenters. The van der Waals surface area contributed by atoms with Gasteiger partial charge >= 0.3 is 0 Å². The first-order valence-corrected chi connectivity index (χ1v) is 21.8. The predicted octanol–water partition coefficient (Wildman–Crippen LogP) is 10.8. The van der Waals surface area contributed by atoms with E-state index in [-0.39, 0.29) is 0 Å². The van der Waals surface area contributed by atoms with Gasteiger partial charge in [-0.25, -0.2) is 0 Å². The van der Waals surface area contributed by atoms with E-state index in [0.29, 0.717) is 6.04 Å². The fourth-order valence-electron chi connectivity index (χ4n) is 15.8. The number of nitrogens with two attached hydrogens (primary N) is 1. The molecule has 250 valence electrons. The van der Waals surface area contributed by atoms with Crippen molar-refractivity contribution >= 4 is 0 Å². The summed E-state index contributed by atoms with van der Waals surface area (Å²) in [6, 6.07) is 0.549. The quantitative estimate of drug-likeness (QED) is 0.261. The van der Waals surface area contributed by atoms with E-state index in [2.05, 4.69) is 0 Å². The maximum Gasteiger partial charge on any atom is 0.00443 e. The zero-order valence-electron chi connectivity index (χ0n) is 29.0. The van der Waals surface area contributed by atoms with Crippen molar-refractivity contribution < 1.29 is 0 Å². The Labute approximate surface area is 277 Å². The van der Waals surface area contributed by atoms with Crippen LogP contribution in [0.25, 0.3) is 0 Å². The minimum absolute atomic E-state index is 0.549. The summed E-state index contributed by atoms with van der Waals surface area (Å²) in [5.74, 6) is 23.0. The van der Waals surface area contributed by atoms with Crippen LogP contribution in [0.2, 0.25) is 0 Å². The fourth-order valence-corrected chi connectivity index (χ4v) is 15.8. The molecule has 0 radical (unpaired) electrons. The number of hydrogen-bond acceptors (Lipinski definition) is 1. The smallest absolute Gasteiger partial charge is 0.00443 e. The summed E-state index contributed by atoms with van der Waals surface area (Å²) in [5, 5.41) is 0. The first-order chi connectivity index (χ1) is 22.1. The van der Waals surface area contributed by atoms with E-state index in [1.54, 1.807) is 135 Å². The highest BCUT2D eigenvalue weighted by Gasteiger charge is 2.58. The van der Waals surface area contributed by atoms with Crippen LogP contribution in [-0.4, -0.2) is 6.04 Å². The Balaban J connectivity index is 0.567. The van der Waals surface area contributed by atoms with E-state index >= 15 is 0 Å². The lowest BCUT2D eigenvalue weighted by Crippen LogP contribution is -2.44. The van der Waals surface area contributed by atoms with Crippen molar-refractivity contribution in [2.24, 2.45) is 124 Å². The Morgan fingerprint density at radius 1 is 0.200 bits per heavy atom. The molecule has 45 heavy (non-hydrogen) atoms. The van der Waals surface area contributed by atoms with Gasteiger partial charge in [-0.05, 0) is 266 Å². The van der Waals surface area contributed by atoms with Crippen molar-refractivity contribution in [3.8, 4) is 0 Å². The third-order valence-electron chi connectivity index (χ3n) is 19.4. The van der Waals surface area contributed by atoms with Gasteiger partial charge in [0.25, 0.3) is 0 Å². The molecular weight excluding hydrogens is 542 g/mol. The van der Waals surface area contributed by atoms with E-state index < -0.39 is 0 Å². The van der Waals surface area contributed by atoms with Crippen molar-refractivity contribution in [3.63, 3.8) is 0 Å². The highest BCUT2D eigenvalue weighted by molar-refractivity contribution is 5.08. The van der Waals surface area contributed by atoms with Crippen molar-refractivity contribution in [1.29, 1.82) is 0 Å². The van der Waals surface area contributed by atoms with Crippen molar-refractivity contribution in [3.05, 3.63) is 0 Å². The average Bonchev–Trinajstić information content (AvgIpc) is 3.87. The van der Waals surface area contributed by atoms with E-state index in [9.17, 15) is 0 Å². The molecule has 0 aliphatic heterocycles. The molecule has 0 spiro atoms. The normalized spacial score (nSPS) is 61.5. The third-order valence-corrected chi connectivity index (χ3v) is 19.4. The molecule has 2 N–H and O–H groups in total. The lowest BCUT2D eigenvalue weighted by atomic mass is 9.52. The second-order valence-electron chi connectivity index (χ2n) is 21.4. The largest absolute Gasteiger partial charge is 0.328 e. The molecule has 0 aromatic heterocycles. The van der Waals surface area contributed by atoms with Crippen LogP contribution < -0.4 is 5.73 Å². The van der Waals surface area contributed by atoms with Gasteiger partial charge in [-0.2, -0.15) is 0 Å². The molecule has 11 aliphatic rings. The van der Waals surface area contributed by atoms with Crippen LogP contribution in [0.3, 0.4) is 0 Å². The Morgan fingerprint density at radius 2 is 0.422 bits per heavy atom. The Kier molecular flexibility index (Phi) is 7.02. The molecule has 11 rings (SSSR count). The minimum Gasteiger partial charge on any atom is -0.328 e. The number of rotatable bonds is 10. The molecule has 11 aliphatic carbocycles. The summed E-state index contributed by atoms with van der Waals surface area (Å²) in [5.41, 5.74) is 6.13. The molecule has 1 heteroatoms. The van der Waals surface area contributed by atoms with E-state index in [1.807, 2.05) is 0 Å².